The molecule has 0 radical (unpaired) electrons. The lowest BCUT2D eigenvalue weighted by Gasteiger charge is -2.02. The summed E-state index contributed by atoms with van der Waals surface area (Å²) in [6.07, 6.45) is 0.162. The molecule has 0 atom stereocenters. The molecule has 0 aliphatic carbocycles. The standard InChI is InChI=1S/C13H14N2O4S/c1-18-12(17)6-7-14-11(16)8-20-13-15-9-4-2-3-5-10(9)19-13/h2-5H,6-8H2,1H3,(H,14,16). The number of carbonyl (C=O) groups is 2. The number of hydrogen-bond donors (Lipinski definition) is 1. The monoisotopic (exact) mass is 294 g/mol. The number of esters is 1. The van der Waals surface area contributed by atoms with Crippen LogP contribution in [0, 0.1) is 0 Å². The fraction of sp³-hybridized carbons (Fsp3) is 0.308. The number of nitrogens with one attached hydrogen (secondary N) is 1. The number of thioether (sulfide) groups is 1. The van der Waals surface area contributed by atoms with Crippen LogP contribution in [0.1, 0.15) is 6.42 Å². The zero-order valence-electron chi connectivity index (χ0n) is 10.9. The van der Waals surface area contributed by atoms with Crippen LogP contribution in [0.3, 0.4) is 0 Å². The highest BCUT2D eigenvalue weighted by Crippen LogP contribution is 2.22. The van der Waals surface area contributed by atoms with Crippen molar-refractivity contribution in [3.05, 3.63) is 24.3 Å². The summed E-state index contributed by atoms with van der Waals surface area (Å²) in [5.74, 6) is -0.341. The van der Waals surface area contributed by atoms with Gasteiger partial charge < -0.3 is 14.5 Å². The van der Waals surface area contributed by atoms with Gasteiger partial charge in [0, 0.05) is 6.54 Å². The lowest BCUT2D eigenvalue weighted by molar-refractivity contribution is -0.140. The first-order valence-electron chi connectivity index (χ1n) is 6.01. The van der Waals surface area contributed by atoms with Crippen LogP contribution in [0.5, 0.6) is 0 Å². The third-order valence-electron chi connectivity index (χ3n) is 2.48. The number of methoxy groups -OCH3 is 1. The van der Waals surface area contributed by atoms with Crippen LogP contribution in [-0.2, 0) is 14.3 Å². The average molecular weight is 294 g/mol. The van der Waals surface area contributed by atoms with E-state index in [0.29, 0.717) is 10.8 Å². The van der Waals surface area contributed by atoms with Gasteiger partial charge in [0.2, 0.25) is 5.91 Å². The van der Waals surface area contributed by atoms with Crippen molar-refractivity contribution < 1.29 is 18.7 Å². The number of benzene rings is 1. The maximum absolute atomic E-state index is 11.5. The molecular weight excluding hydrogens is 280 g/mol. The van der Waals surface area contributed by atoms with Gasteiger partial charge in [-0.2, -0.15) is 0 Å². The third kappa shape index (κ3) is 3.99. The minimum absolute atomic E-state index is 0.162. The molecule has 1 aromatic heterocycles. The molecule has 0 aliphatic rings. The number of amides is 1. The maximum Gasteiger partial charge on any atom is 0.307 e. The second-order valence-corrected chi connectivity index (χ2v) is 4.84. The number of fused-ring (bicyclic) bond motifs is 1. The largest absolute Gasteiger partial charge is 0.469 e. The summed E-state index contributed by atoms with van der Waals surface area (Å²) in [6.45, 7) is 0.264. The van der Waals surface area contributed by atoms with Gasteiger partial charge >= 0.3 is 5.97 Å². The summed E-state index contributed by atoms with van der Waals surface area (Å²) in [5, 5.41) is 3.07. The number of para-hydroxylation sites is 2. The first kappa shape index (κ1) is 14.4. The number of rotatable bonds is 6. The number of nitrogens with zero attached hydrogens (tertiary/aromatic N) is 1. The smallest absolute Gasteiger partial charge is 0.307 e. The van der Waals surface area contributed by atoms with Crippen molar-refractivity contribution in [2.75, 3.05) is 19.4 Å². The van der Waals surface area contributed by atoms with E-state index in [1.165, 1.54) is 18.9 Å². The van der Waals surface area contributed by atoms with Gasteiger partial charge in [-0.15, -0.1) is 0 Å². The maximum atomic E-state index is 11.5. The number of carbonyl (C=O) groups excluding carboxylic acids is 2. The molecule has 1 heterocycles. The van der Waals surface area contributed by atoms with E-state index in [-0.39, 0.29) is 30.6 Å². The van der Waals surface area contributed by atoms with Crippen molar-refractivity contribution in [3.8, 4) is 0 Å². The predicted octanol–water partition coefficient (Wildman–Crippen LogP) is 1.60. The van der Waals surface area contributed by atoms with Gasteiger partial charge in [-0.05, 0) is 12.1 Å². The molecule has 7 heteroatoms. The summed E-state index contributed by atoms with van der Waals surface area (Å²) in [6, 6.07) is 7.41. The molecule has 2 rings (SSSR count). The lowest BCUT2D eigenvalue weighted by Crippen LogP contribution is -2.27. The Morgan fingerprint density at radius 3 is 2.95 bits per heavy atom. The minimum Gasteiger partial charge on any atom is -0.469 e. The summed E-state index contributed by atoms with van der Waals surface area (Å²) in [7, 11) is 1.31. The Balaban J connectivity index is 1.77. The molecule has 2 aromatic rings. The van der Waals surface area contributed by atoms with Crippen LogP contribution in [0.15, 0.2) is 33.9 Å². The number of aromatic nitrogens is 1. The van der Waals surface area contributed by atoms with Gasteiger partial charge in [-0.25, -0.2) is 4.98 Å². The van der Waals surface area contributed by atoms with Gasteiger partial charge in [0.15, 0.2) is 5.58 Å². The van der Waals surface area contributed by atoms with Crippen LogP contribution >= 0.6 is 11.8 Å². The summed E-state index contributed by atoms with van der Waals surface area (Å²) in [4.78, 5) is 26.7. The van der Waals surface area contributed by atoms with E-state index < -0.39 is 0 Å². The Labute approximate surface area is 119 Å². The minimum atomic E-state index is -0.350. The van der Waals surface area contributed by atoms with E-state index in [1.54, 1.807) is 0 Å². The fourth-order valence-electron chi connectivity index (χ4n) is 1.50. The van der Waals surface area contributed by atoms with Crippen LogP contribution < -0.4 is 5.32 Å². The molecule has 20 heavy (non-hydrogen) atoms. The lowest BCUT2D eigenvalue weighted by atomic mass is 10.3. The molecule has 0 saturated heterocycles. The van der Waals surface area contributed by atoms with E-state index in [0.717, 1.165) is 5.52 Å². The van der Waals surface area contributed by atoms with E-state index in [9.17, 15) is 9.59 Å². The van der Waals surface area contributed by atoms with Gasteiger partial charge in [0.25, 0.3) is 5.22 Å². The van der Waals surface area contributed by atoms with Gasteiger partial charge in [-0.3, -0.25) is 9.59 Å². The predicted molar refractivity (Wildman–Crippen MR) is 74.4 cm³/mol. The van der Waals surface area contributed by atoms with Crippen molar-refractivity contribution in [2.24, 2.45) is 0 Å². The molecule has 0 spiro atoms. The second-order valence-electron chi connectivity index (χ2n) is 3.91. The molecule has 6 nitrogen and oxygen atoms in total. The van der Waals surface area contributed by atoms with Crippen LogP contribution in [0.2, 0.25) is 0 Å². The van der Waals surface area contributed by atoms with Crippen molar-refractivity contribution in [3.63, 3.8) is 0 Å². The van der Waals surface area contributed by atoms with Gasteiger partial charge in [-0.1, -0.05) is 23.9 Å². The average Bonchev–Trinajstić information content (AvgIpc) is 2.87. The fourth-order valence-corrected chi connectivity index (χ4v) is 2.17. The molecule has 0 saturated carbocycles. The third-order valence-corrected chi connectivity index (χ3v) is 3.31. The molecule has 0 aliphatic heterocycles. The quantitative estimate of drug-likeness (QED) is 0.644. The van der Waals surface area contributed by atoms with Gasteiger partial charge in [0.05, 0.1) is 19.3 Å². The van der Waals surface area contributed by atoms with Crippen LogP contribution in [-0.4, -0.2) is 36.3 Å². The number of hydrogen-bond acceptors (Lipinski definition) is 6. The first-order chi connectivity index (χ1) is 9.69. The SMILES string of the molecule is COC(=O)CCNC(=O)CSc1nc2ccccc2o1. The Morgan fingerprint density at radius 1 is 1.40 bits per heavy atom. The topological polar surface area (TPSA) is 81.4 Å². The zero-order chi connectivity index (χ0) is 14.4. The zero-order valence-corrected chi connectivity index (χ0v) is 11.7. The Kier molecular flexibility index (Phi) is 5.00. The summed E-state index contributed by atoms with van der Waals surface area (Å²) < 4.78 is 9.95. The van der Waals surface area contributed by atoms with Crippen molar-refractivity contribution in [2.45, 2.75) is 11.6 Å². The molecule has 0 unspecified atom stereocenters. The van der Waals surface area contributed by atoms with Crippen LogP contribution in [0.4, 0.5) is 0 Å². The molecule has 1 amide bonds. The molecule has 106 valence electrons. The Bertz CT molecular complexity index is 578. The summed E-state index contributed by atoms with van der Waals surface area (Å²) >= 11 is 1.21. The molecule has 1 aromatic carbocycles. The second kappa shape index (κ2) is 6.95. The van der Waals surface area contributed by atoms with E-state index in [1.807, 2.05) is 24.3 Å². The summed E-state index contributed by atoms with van der Waals surface area (Å²) in [5.41, 5.74) is 1.46. The van der Waals surface area contributed by atoms with Crippen molar-refractivity contribution >= 4 is 34.7 Å². The molecule has 1 N–H and O–H groups in total. The first-order valence-corrected chi connectivity index (χ1v) is 6.99. The highest BCUT2D eigenvalue weighted by Gasteiger charge is 2.09. The normalized spacial score (nSPS) is 10.4. The molecule has 0 fully saturated rings. The Morgan fingerprint density at radius 2 is 2.20 bits per heavy atom. The highest BCUT2D eigenvalue weighted by atomic mass is 32.2. The van der Waals surface area contributed by atoms with Crippen LogP contribution in [0.25, 0.3) is 11.1 Å². The van der Waals surface area contributed by atoms with E-state index in [2.05, 4.69) is 15.0 Å². The van der Waals surface area contributed by atoms with E-state index >= 15 is 0 Å². The van der Waals surface area contributed by atoms with E-state index in [4.69, 9.17) is 4.42 Å². The number of oxazole rings is 1. The van der Waals surface area contributed by atoms with Gasteiger partial charge in [0.1, 0.15) is 5.52 Å². The highest BCUT2D eigenvalue weighted by molar-refractivity contribution is 7.99. The number of ether oxygens (including phenoxy) is 1. The Hall–Kier alpha value is -2.02. The molecular formula is C13H14N2O4S. The molecule has 0 bridgehead atoms. The van der Waals surface area contributed by atoms with Crippen molar-refractivity contribution in [1.29, 1.82) is 0 Å². The van der Waals surface area contributed by atoms with Crippen molar-refractivity contribution in [1.82, 2.24) is 10.3 Å².